The molecule has 0 aliphatic heterocycles. The Morgan fingerprint density at radius 2 is 1.84 bits per heavy atom. The van der Waals surface area contributed by atoms with E-state index < -0.39 is 0 Å². The summed E-state index contributed by atoms with van der Waals surface area (Å²) in [5.74, 6) is 0.608. The van der Waals surface area contributed by atoms with Crippen molar-refractivity contribution in [1.29, 1.82) is 5.26 Å². The van der Waals surface area contributed by atoms with Crippen molar-refractivity contribution in [2.45, 2.75) is 0 Å². The predicted molar refractivity (Wildman–Crippen MR) is 100 cm³/mol. The van der Waals surface area contributed by atoms with Gasteiger partial charge in [-0.3, -0.25) is 4.79 Å². The van der Waals surface area contributed by atoms with Crippen LogP contribution in [0.15, 0.2) is 54.6 Å². The van der Waals surface area contributed by atoms with Gasteiger partial charge >= 0.3 is 0 Å². The Balaban J connectivity index is 1.87. The first-order valence-electron chi connectivity index (χ1n) is 7.36. The number of carbonyl (C=O) groups excluding carboxylic acids is 1. The number of hydrogen-bond acceptors (Lipinski definition) is 5. The number of nitriles is 1. The average molecular weight is 369 g/mol. The molecule has 0 radical (unpaired) electrons. The molecule has 3 aromatic rings. The van der Waals surface area contributed by atoms with Gasteiger partial charge in [0.05, 0.1) is 17.6 Å². The number of anilines is 2. The number of halogens is 1. The van der Waals surface area contributed by atoms with E-state index in [4.69, 9.17) is 16.3 Å². The number of thiophene rings is 1. The molecule has 1 heterocycles. The Kier molecular flexibility index (Phi) is 5.03. The molecular formula is C19H13ClN2O2S. The molecule has 0 aliphatic carbocycles. The second kappa shape index (κ2) is 7.39. The van der Waals surface area contributed by atoms with E-state index in [1.165, 1.54) is 11.3 Å². The number of nitrogens with zero attached hydrogens (tertiary/aromatic N) is 1. The van der Waals surface area contributed by atoms with Crippen LogP contribution < -0.4 is 10.1 Å². The molecule has 0 amide bonds. The van der Waals surface area contributed by atoms with Gasteiger partial charge in [-0.15, -0.1) is 11.3 Å². The van der Waals surface area contributed by atoms with Crippen LogP contribution in [0.3, 0.4) is 0 Å². The summed E-state index contributed by atoms with van der Waals surface area (Å²) in [4.78, 5) is 13.1. The third-order valence-corrected chi connectivity index (χ3v) is 4.83. The molecular weight excluding hydrogens is 356 g/mol. The second-order valence-corrected chi connectivity index (χ2v) is 6.64. The van der Waals surface area contributed by atoms with E-state index >= 15 is 0 Å². The molecule has 0 spiro atoms. The normalized spacial score (nSPS) is 10.1. The number of ketones is 1. The lowest BCUT2D eigenvalue weighted by molar-refractivity contribution is 0.104. The van der Waals surface area contributed by atoms with Gasteiger partial charge in [0.2, 0.25) is 5.78 Å². The van der Waals surface area contributed by atoms with E-state index in [1.807, 2.05) is 24.3 Å². The minimum Gasteiger partial charge on any atom is -0.497 e. The Labute approximate surface area is 154 Å². The summed E-state index contributed by atoms with van der Waals surface area (Å²) in [6.07, 6.45) is 0. The zero-order chi connectivity index (χ0) is 17.8. The molecule has 0 saturated heterocycles. The van der Waals surface area contributed by atoms with Crippen molar-refractivity contribution >= 4 is 39.4 Å². The molecule has 0 atom stereocenters. The zero-order valence-corrected chi connectivity index (χ0v) is 14.8. The topological polar surface area (TPSA) is 62.1 Å². The summed E-state index contributed by atoms with van der Waals surface area (Å²) in [7, 11) is 1.60. The highest BCUT2D eigenvalue weighted by molar-refractivity contribution is 7.18. The van der Waals surface area contributed by atoms with Gasteiger partial charge in [0.1, 0.15) is 16.8 Å². The van der Waals surface area contributed by atoms with Crippen LogP contribution in [0.1, 0.15) is 20.8 Å². The summed E-state index contributed by atoms with van der Waals surface area (Å²) >= 11 is 7.10. The second-order valence-electron chi connectivity index (χ2n) is 5.15. The molecule has 0 fully saturated rings. The summed E-state index contributed by atoms with van der Waals surface area (Å²) in [5.41, 5.74) is 1.77. The van der Waals surface area contributed by atoms with E-state index in [0.717, 1.165) is 11.4 Å². The average Bonchev–Trinajstić information content (AvgIpc) is 3.05. The van der Waals surface area contributed by atoms with Crippen LogP contribution in [-0.4, -0.2) is 12.9 Å². The van der Waals surface area contributed by atoms with Gasteiger partial charge in [0.25, 0.3) is 0 Å². The number of ether oxygens (including phenoxy) is 1. The Hall–Kier alpha value is -2.81. The minimum absolute atomic E-state index is 0.138. The molecule has 0 aliphatic rings. The lowest BCUT2D eigenvalue weighted by atomic mass is 10.1. The maximum atomic E-state index is 12.6. The Bertz CT molecular complexity index is 941. The summed E-state index contributed by atoms with van der Waals surface area (Å²) in [6.45, 7) is 0. The van der Waals surface area contributed by atoms with Gasteiger partial charge in [-0.25, -0.2) is 0 Å². The summed E-state index contributed by atoms with van der Waals surface area (Å²) in [6, 6.07) is 17.8. The summed E-state index contributed by atoms with van der Waals surface area (Å²) < 4.78 is 5.13. The first-order chi connectivity index (χ1) is 12.1. The van der Waals surface area contributed by atoms with Crippen LogP contribution in [0.2, 0.25) is 5.02 Å². The van der Waals surface area contributed by atoms with Crippen LogP contribution in [0.5, 0.6) is 5.75 Å². The van der Waals surface area contributed by atoms with Crippen LogP contribution in [0, 0.1) is 11.3 Å². The fourth-order valence-electron chi connectivity index (χ4n) is 2.23. The lowest BCUT2D eigenvalue weighted by Gasteiger charge is -2.05. The molecule has 3 rings (SSSR count). The third kappa shape index (κ3) is 3.82. The smallest absolute Gasteiger partial charge is 0.203 e. The Morgan fingerprint density at radius 3 is 2.44 bits per heavy atom. The van der Waals surface area contributed by atoms with Crippen molar-refractivity contribution in [2.75, 3.05) is 12.4 Å². The predicted octanol–water partition coefficient (Wildman–Crippen LogP) is 5.26. The third-order valence-electron chi connectivity index (χ3n) is 3.53. The van der Waals surface area contributed by atoms with Crippen LogP contribution in [-0.2, 0) is 0 Å². The van der Waals surface area contributed by atoms with Crippen molar-refractivity contribution < 1.29 is 9.53 Å². The highest BCUT2D eigenvalue weighted by Crippen LogP contribution is 2.32. The van der Waals surface area contributed by atoms with E-state index in [1.54, 1.807) is 37.4 Å². The number of hydrogen-bond donors (Lipinski definition) is 1. The van der Waals surface area contributed by atoms with E-state index in [0.29, 0.717) is 26.0 Å². The first-order valence-corrected chi connectivity index (χ1v) is 8.55. The minimum atomic E-state index is -0.138. The highest BCUT2D eigenvalue weighted by Gasteiger charge is 2.16. The molecule has 25 heavy (non-hydrogen) atoms. The highest BCUT2D eigenvalue weighted by atomic mass is 35.5. The molecule has 0 unspecified atom stereocenters. The van der Waals surface area contributed by atoms with E-state index in [-0.39, 0.29) is 5.78 Å². The monoisotopic (exact) mass is 368 g/mol. The van der Waals surface area contributed by atoms with Crippen molar-refractivity contribution in [3.8, 4) is 11.8 Å². The van der Waals surface area contributed by atoms with Crippen LogP contribution in [0.4, 0.5) is 10.7 Å². The van der Waals surface area contributed by atoms with Crippen molar-refractivity contribution in [1.82, 2.24) is 0 Å². The number of nitrogens with one attached hydrogen (secondary N) is 1. The van der Waals surface area contributed by atoms with E-state index in [9.17, 15) is 10.1 Å². The number of carbonyl (C=O) groups is 1. The molecule has 1 aromatic heterocycles. The van der Waals surface area contributed by atoms with Crippen LogP contribution in [0.25, 0.3) is 0 Å². The number of methoxy groups -OCH3 is 1. The zero-order valence-electron chi connectivity index (χ0n) is 13.2. The molecule has 4 nitrogen and oxygen atoms in total. The van der Waals surface area contributed by atoms with E-state index in [2.05, 4.69) is 11.4 Å². The SMILES string of the molecule is COc1ccc(Nc2sc(C(=O)c3ccc(Cl)cc3)cc2C#N)cc1. The van der Waals surface area contributed by atoms with Gasteiger partial charge in [-0.05, 0) is 54.6 Å². The Morgan fingerprint density at radius 1 is 1.16 bits per heavy atom. The first kappa shape index (κ1) is 17.0. The van der Waals surface area contributed by atoms with Crippen molar-refractivity contribution in [3.63, 3.8) is 0 Å². The number of benzene rings is 2. The molecule has 124 valence electrons. The fraction of sp³-hybridized carbons (Fsp3) is 0.0526. The molecule has 0 bridgehead atoms. The molecule has 1 N–H and O–H groups in total. The standard InChI is InChI=1S/C19H13ClN2O2S/c1-24-16-8-6-15(7-9-16)22-19-13(11-21)10-17(25-19)18(23)12-2-4-14(20)5-3-12/h2-10,22H,1H3. The van der Waals surface area contributed by atoms with Crippen molar-refractivity contribution in [3.05, 3.63) is 75.6 Å². The van der Waals surface area contributed by atoms with Gasteiger partial charge in [0, 0.05) is 16.3 Å². The number of rotatable bonds is 5. The molecule has 6 heteroatoms. The van der Waals surface area contributed by atoms with Gasteiger partial charge < -0.3 is 10.1 Å². The lowest BCUT2D eigenvalue weighted by Crippen LogP contribution is -1.97. The molecule has 2 aromatic carbocycles. The maximum Gasteiger partial charge on any atom is 0.203 e. The fourth-order valence-corrected chi connectivity index (χ4v) is 3.34. The van der Waals surface area contributed by atoms with Gasteiger partial charge in [-0.1, -0.05) is 11.6 Å². The maximum absolute atomic E-state index is 12.6. The van der Waals surface area contributed by atoms with Crippen LogP contribution >= 0.6 is 22.9 Å². The largest absolute Gasteiger partial charge is 0.497 e. The molecule has 0 saturated carbocycles. The van der Waals surface area contributed by atoms with Crippen molar-refractivity contribution in [2.24, 2.45) is 0 Å². The van der Waals surface area contributed by atoms with Gasteiger partial charge in [0.15, 0.2) is 0 Å². The quantitative estimate of drug-likeness (QED) is 0.624. The van der Waals surface area contributed by atoms with Gasteiger partial charge in [-0.2, -0.15) is 5.26 Å². The summed E-state index contributed by atoms with van der Waals surface area (Å²) in [5, 5.41) is 13.7.